The maximum atomic E-state index is 13.8. The van der Waals surface area contributed by atoms with Crippen molar-refractivity contribution < 1.29 is 18.7 Å². The van der Waals surface area contributed by atoms with Crippen LogP contribution >= 0.6 is 0 Å². The van der Waals surface area contributed by atoms with Crippen LogP contribution in [-0.2, 0) is 9.53 Å². The summed E-state index contributed by atoms with van der Waals surface area (Å²) in [4.78, 5) is 33.6. The van der Waals surface area contributed by atoms with Crippen LogP contribution in [0.5, 0.6) is 0 Å². The summed E-state index contributed by atoms with van der Waals surface area (Å²) < 4.78 is 19.7. The highest BCUT2D eigenvalue weighted by Gasteiger charge is 2.62. The van der Waals surface area contributed by atoms with Gasteiger partial charge in [-0.15, -0.1) is 0 Å². The second-order valence-corrected chi connectivity index (χ2v) is 7.18. The first kappa shape index (κ1) is 15.7. The highest BCUT2D eigenvalue weighted by Crippen LogP contribution is 2.46. The Labute approximate surface area is 149 Å². The largest absolute Gasteiger partial charge is 0.351 e. The molecule has 4 heterocycles. The number of likely N-dealkylation sites (tertiary alicyclic amines) is 1. The van der Waals surface area contributed by atoms with E-state index in [1.54, 1.807) is 21.9 Å². The van der Waals surface area contributed by atoms with Gasteiger partial charge in [0.15, 0.2) is 5.72 Å². The van der Waals surface area contributed by atoms with Gasteiger partial charge in [0.1, 0.15) is 5.82 Å². The smallest absolute Gasteiger partial charge is 0.255 e. The monoisotopic (exact) mass is 355 g/mol. The lowest BCUT2D eigenvalue weighted by Gasteiger charge is -2.31. The summed E-state index contributed by atoms with van der Waals surface area (Å²) in [6.45, 7) is 3.42. The number of hydrogen-bond donors (Lipinski definition) is 0. The van der Waals surface area contributed by atoms with Gasteiger partial charge in [0.2, 0.25) is 5.91 Å². The number of aryl methyl sites for hydroxylation is 1. The molecular formula is C19H18FN3O3. The molecule has 3 aliphatic heterocycles. The number of nitrogens with zero attached hydrogens (tertiary/aromatic N) is 3. The van der Waals surface area contributed by atoms with E-state index >= 15 is 0 Å². The Morgan fingerprint density at radius 1 is 1.35 bits per heavy atom. The van der Waals surface area contributed by atoms with Gasteiger partial charge in [0.05, 0.1) is 30.1 Å². The van der Waals surface area contributed by atoms with Crippen LogP contribution in [0, 0.1) is 12.7 Å². The first-order chi connectivity index (χ1) is 12.5. The van der Waals surface area contributed by atoms with Gasteiger partial charge in [-0.1, -0.05) is 0 Å². The van der Waals surface area contributed by atoms with Crippen LogP contribution in [0.15, 0.2) is 24.3 Å². The van der Waals surface area contributed by atoms with Gasteiger partial charge in [0, 0.05) is 30.6 Å². The Morgan fingerprint density at radius 2 is 2.19 bits per heavy atom. The Hall–Kier alpha value is -2.54. The van der Waals surface area contributed by atoms with E-state index in [0.717, 1.165) is 0 Å². The summed E-state index contributed by atoms with van der Waals surface area (Å²) in [6.07, 6.45) is 0.896. The number of benzene rings is 1. The fourth-order valence-electron chi connectivity index (χ4n) is 4.70. The van der Waals surface area contributed by atoms with Crippen molar-refractivity contribution in [1.29, 1.82) is 0 Å². The number of halogens is 1. The molecule has 3 saturated heterocycles. The topological polar surface area (TPSA) is 62.7 Å². The fraction of sp³-hybridized carbons (Fsp3) is 0.421. The highest BCUT2D eigenvalue weighted by molar-refractivity contribution is 6.06. The average Bonchev–Trinajstić information content (AvgIpc) is 3.25. The van der Waals surface area contributed by atoms with Crippen molar-refractivity contribution in [3.63, 3.8) is 0 Å². The van der Waals surface area contributed by atoms with E-state index in [4.69, 9.17) is 4.74 Å². The normalized spacial score (nSPS) is 27.3. The summed E-state index contributed by atoms with van der Waals surface area (Å²) in [7, 11) is 0. The van der Waals surface area contributed by atoms with Crippen molar-refractivity contribution in [2.75, 3.05) is 19.7 Å². The van der Waals surface area contributed by atoms with Crippen molar-refractivity contribution >= 4 is 22.7 Å². The molecular weight excluding hydrogens is 337 g/mol. The first-order valence-corrected chi connectivity index (χ1v) is 8.82. The number of pyridine rings is 1. The quantitative estimate of drug-likeness (QED) is 0.783. The highest BCUT2D eigenvalue weighted by atomic mass is 19.1. The maximum absolute atomic E-state index is 13.8. The number of carbonyl (C=O) groups excluding carboxylic acids is 2. The zero-order valence-electron chi connectivity index (χ0n) is 14.4. The van der Waals surface area contributed by atoms with Crippen molar-refractivity contribution in [1.82, 2.24) is 14.8 Å². The second-order valence-electron chi connectivity index (χ2n) is 7.18. The van der Waals surface area contributed by atoms with E-state index in [1.807, 2.05) is 6.92 Å². The molecule has 0 radical (unpaired) electrons. The minimum absolute atomic E-state index is 0.0341. The predicted molar refractivity (Wildman–Crippen MR) is 90.9 cm³/mol. The first-order valence-electron chi connectivity index (χ1n) is 8.82. The molecule has 5 rings (SSSR count). The number of aromatic nitrogens is 1. The molecule has 26 heavy (non-hydrogen) atoms. The Balaban J connectivity index is 1.58. The third-order valence-corrected chi connectivity index (χ3v) is 5.79. The lowest BCUT2D eigenvalue weighted by molar-refractivity contribution is -0.136. The molecule has 3 fully saturated rings. The van der Waals surface area contributed by atoms with Gasteiger partial charge in [-0.2, -0.15) is 0 Å². The summed E-state index contributed by atoms with van der Waals surface area (Å²) >= 11 is 0. The number of carbonyl (C=O) groups is 2. The number of hydrogen-bond acceptors (Lipinski definition) is 4. The van der Waals surface area contributed by atoms with Gasteiger partial charge >= 0.3 is 0 Å². The molecule has 2 aromatic rings. The van der Waals surface area contributed by atoms with E-state index in [1.165, 1.54) is 12.1 Å². The van der Waals surface area contributed by atoms with Crippen molar-refractivity contribution in [3.05, 3.63) is 41.3 Å². The predicted octanol–water partition coefficient (Wildman–Crippen LogP) is 1.86. The van der Waals surface area contributed by atoms with Crippen LogP contribution in [0.25, 0.3) is 10.9 Å². The van der Waals surface area contributed by atoms with Gasteiger partial charge in [0.25, 0.3) is 5.91 Å². The minimum atomic E-state index is -0.671. The van der Waals surface area contributed by atoms with Gasteiger partial charge in [-0.25, -0.2) is 4.39 Å². The number of fused-ring (bicyclic) bond motifs is 1. The molecule has 0 unspecified atom stereocenters. The summed E-state index contributed by atoms with van der Waals surface area (Å²) in [5.74, 6) is -0.568. The van der Waals surface area contributed by atoms with E-state index in [9.17, 15) is 14.0 Å². The molecule has 2 atom stereocenters. The van der Waals surface area contributed by atoms with Crippen LogP contribution in [0.3, 0.4) is 0 Å². The molecule has 0 aliphatic carbocycles. The molecule has 7 heteroatoms. The van der Waals surface area contributed by atoms with Crippen molar-refractivity contribution in [2.45, 2.75) is 31.5 Å². The molecule has 2 amide bonds. The zero-order chi connectivity index (χ0) is 18.1. The van der Waals surface area contributed by atoms with Crippen LogP contribution in [-0.4, -0.2) is 58.1 Å². The Bertz CT molecular complexity index is 962. The van der Waals surface area contributed by atoms with Gasteiger partial charge < -0.3 is 14.5 Å². The molecule has 1 spiro atoms. The Morgan fingerprint density at radius 3 is 3.04 bits per heavy atom. The van der Waals surface area contributed by atoms with Crippen LogP contribution in [0.4, 0.5) is 4.39 Å². The zero-order valence-corrected chi connectivity index (χ0v) is 14.4. The molecule has 0 bridgehead atoms. The second kappa shape index (κ2) is 5.23. The maximum Gasteiger partial charge on any atom is 0.255 e. The molecule has 0 N–H and O–H groups in total. The van der Waals surface area contributed by atoms with E-state index in [-0.39, 0.29) is 24.3 Å². The molecule has 6 nitrogen and oxygen atoms in total. The SMILES string of the molecule is Cc1cc(C(=O)N2CC[C@@]34OCCN3C(=O)C[C@@H]24)c2cc(F)ccc2n1. The molecule has 1 aromatic carbocycles. The molecule has 3 aliphatic rings. The van der Waals surface area contributed by atoms with Gasteiger partial charge in [-0.3, -0.25) is 14.6 Å². The van der Waals surface area contributed by atoms with E-state index in [0.29, 0.717) is 48.3 Å². The fourth-order valence-corrected chi connectivity index (χ4v) is 4.70. The standard InChI is InChI=1S/C19H18FN3O3/c1-11-8-14(13-9-12(20)2-3-15(13)21-11)18(25)22-5-4-19-16(22)10-17(24)23(19)6-7-26-19/h2-3,8-9,16H,4-7,10H2,1H3/t16-,19+/m1/s1. The summed E-state index contributed by atoms with van der Waals surface area (Å²) in [6, 6.07) is 5.68. The van der Waals surface area contributed by atoms with Crippen molar-refractivity contribution in [3.8, 4) is 0 Å². The third-order valence-electron chi connectivity index (χ3n) is 5.79. The van der Waals surface area contributed by atoms with E-state index < -0.39 is 11.5 Å². The number of rotatable bonds is 1. The molecule has 0 saturated carbocycles. The third kappa shape index (κ3) is 1.97. The minimum Gasteiger partial charge on any atom is -0.351 e. The Kier molecular flexibility index (Phi) is 3.16. The average molecular weight is 355 g/mol. The molecule has 1 aromatic heterocycles. The number of ether oxygens (including phenoxy) is 1. The van der Waals surface area contributed by atoms with Gasteiger partial charge in [-0.05, 0) is 31.2 Å². The van der Waals surface area contributed by atoms with Crippen LogP contribution < -0.4 is 0 Å². The molecule has 134 valence electrons. The number of amides is 2. The van der Waals surface area contributed by atoms with Crippen LogP contribution in [0.1, 0.15) is 28.9 Å². The lowest BCUT2D eigenvalue weighted by Crippen LogP contribution is -2.48. The van der Waals surface area contributed by atoms with E-state index in [2.05, 4.69) is 4.98 Å². The van der Waals surface area contributed by atoms with Crippen molar-refractivity contribution in [2.24, 2.45) is 0 Å². The summed E-state index contributed by atoms with van der Waals surface area (Å²) in [5, 5.41) is 0.495. The summed E-state index contributed by atoms with van der Waals surface area (Å²) in [5.41, 5.74) is 1.04. The van der Waals surface area contributed by atoms with Crippen LogP contribution in [0.2, 0.25) is 0 Å². The lowest BCUT2D eigenvalue weighted by atomic mass is 10.0.